The molecule has 1 aliphatic heterocycles. The summed E-state index contributed by atoms with van der Waals surface area (Å²) in [5.41, 5.74) is 1.47. The Morgan fingerprint density at radius 1 is 0.647 bits per heavy atom. The molecule has 3 aromatic carbocycles. The van der Waals surface area contributed by atoms with Crippen LogP contribution in [-0.2, 0) is 42.7 Å². The highest BCUT2D eigenvalue weighted by atomic mass is 32.2. The van der Waals surface area contributed by atoms with Crippen molar-refractivity contribution in [2.45, 2.75) is 12.2 Å². The molecule has 0 radical (unpaired) electrons. The van der Waals surface area contributed by atoms with Gasteiger partial charge in [-0.1, -0.05) is 42.0 Å². The zero-order valence-electron chi connectivity index (χ0n) is 28.9. The maximum absolute atomic E-state index is 12.6. The lowest BCUT2D eigenvalue weighted by atomic mass is 10.1. The van der Waals surface area contributed by atoms with Crippen LogP contribution in [0.25, 0.3) is 10.8 Å². The molecule has 3 aromatic rings. The van der Waals surface area contributed by atoms with Crippen molar-refractivity contribution in [2.75, 3.05) is 103 Å². The topological polar surface area (TPSA) is 134 Å². The van der Waals surface area contributed by atoms with E-state index < -0.39 is 11.9 Å². The molecule has 0 fully saturated rings. The van der Waals surface area contributed by atoms with E-state index in [1.807, 2.05) is 55.5 Å². The van der Waals surface area contributed by atoms with Gasteiger partial charge in [0.2, 0.25) is 0 Å². The van der Waals surface area contributed by atoms with Crippen molar-refractivity contribution < 1.29 is 57.0 Å². The van der Waals surface area contributed by atoms with Gasteiger partial charge in [-0.3, -0.25) is 9.59 Å². The van der Waals surface area contributed by atoms with Gasteiger partial charge in [0, 0.05) is 11.0 Å². The summed E-state index contributed by atoms with van der Waals surface area (Å²) in [4.78, 5) is 37.3. The normalized spacial score (nSPS) is 19.3. The van der Waals surface area contributed by atoms with Crippen LogP contribution in [0.5, 0.6) is 11.5 Å². The first kappa shape index (κ1) is 40.2. The molecular formula is C37H46O12S2. The van der Waals surface area contributed by atoms with Crippen LogP contribution in [0.15, 0.2) is 60.7 Å². The maximum Gasteiger partial charge on any atom is 0.338 e. The minimum absolute atomic E-state index is 0.0475. The highest BCUT2D eigenvalue weighted by Crippen LogP contribution is 2.32. The van der Waals surface area contributed by atoms with Crippen LogP contribution in [0, 0.1) is 6.92 Å². The number of hydrogen-bond donors (Lipinski definition) is 0. The fourth-order valence-corrected chi connectivity index (χ4v) is 6.57. The van der Waals surface area contributed by atoms with E-state index in [-0.39, 0.29) is 55.8 Å². The van der Waals surface area contributed by atoms with Crippen molar-refractivity contribution >= 4 is 52.2 Å². The third-order valence-electron chi connectivity index (χ3n) is 7.16. The second-order valence-corrected chi connectivity index (χ2v) is 13.5. The van der Waals surface area contributed by atoms with Gasteiger partial charge in [0.25, 0.3) is 0 Å². The number of aryl methyl sites for hydroxylation is 1. The molecule has 0 spiro atoms. The molecular weight excluding hydrogens is 701 g/mol. The molecule has 0 N–H and O–H groups in total. The largest absolute Gasteiger partial charge is 0.487 e. The number of fused-ring (bicyclic) bond motifs is 2. The lowest BCUT2D eigenvalue weighted by Crippen LogP contribution is -2.22. The van der Waals surface area contributed by atoms with Gasteiger partial charge >= 0.3 is 17.9 Å². The molecule has 1 aliphatic rings. The Kier molecular flexibility index (Phi) is 18.8. The van der Waals surface area contributed by atoms with Crippen LogP contribution >= 0.6 is 23.5 Å². The monoisotopic (exact) mass is 746 g/mol. The number of esters is 3. The van der Waals surface area contributed by atoms with Crippen LogP contribution in [0.2, 0.25) is 0 Å². The van der Waals surface area contributed by atoms with E-state index >= 15 is 0 Å². The average molecular weight is 747 g/mol. The van der Waals surface area contributed by atoms with Gasteiger partial charge < -0.3 is 42.6 Å². The number of rotatable bonds is 3. The van der Waals surface area contributed by atoms with Crippen LogP contribution in [-0.4, -0.2) is 126 Å². The molecule has 0 saturated heterocycles. The van der Waals surface area contributed by atoms with E-state index in [0.717, 1.165) is 16.3 Å². The maximum atomic E-state index is 12.6. The van der Waals surface area contributed by atoms with Crippen LogP contribution < -0.4 is 9.47 Å². The summed E-state index contributed by atoms with van der Waals surface area (Å²) in [5, 5.41) is 1.80. The molecule has 1 heterocycles. The van der Waals surface area contributed by atoms with Crippen molar-refractivity contribution in [2.24, 2.45) is 0 Å². The first-order chi connectivity index (χ1) is 25.0. The van der Waals surface area contributed by atoms with Crippen LogP contribution in [0.1, 0.15) is 15.9 Å². The minimum Gasteiger partial charge on any atom is -0.487 e. The first-order valence-corrected chi connectivity index (χ1v) is 19.0. The highest BCUT2D eigenvalue weighted by molar-refractivity contribution is 8.04. The first-order valence-electron chi connectivity index (χ1n) is 16.8. The second kappa shape index (κ2) is 23.8. The second-order valence-electron chi connectivity index (χ2n) is 11.1. The van der Waals surface area contributed by atoms with Crippen LogP contribution in [0.3, 0.4) is 0 Å². The number of cyclic esters (lactones) is 2. The number of hydrogen-bond acceptors (Lipinski definition) is 14. The quantitative estimate of drug-likeness (QED) is 0.269. The standard InChI is InChI=1S/C37H46O12S2/c1-28-6-8-29(9-7-28)37(40)49-24-32-25-50-26-35(38)47-20-16-43-12-10-41-14-18-45-33-22-30-4-2-3-5-31(30)23-34(33)46-19-15-42-11-13-44-17-21-48-36(39)27-51-32/h2-9,22-23,32H,10-21,24-27H2,1H3. The summed E-state index contributed by atoms with van der Waals surface area (Å²) in [7, 11) is 0. The van der Waals surface area contributed by atoms with Gasteiger partial charge in [-0.15, -0.1) is 23.5 Å². The molecule has 14 heteroatoms. The molecule has 0 bridgehead atoms. The predicted octanol–water partition coefficient (Wildman–Crippen LogP) is 4.76. The number of carbonyl (C=O) groups excluding carboxylic acids is 3. The van der Waals surface area contributed by atoms with E-state index in [1.54, 1.807) is 12.1 Å². The lowest BCUT2D eigenvalue weighted by Gasteiger charge is -2.16. The summed E-state index contributed by atoms with van der Waals surface area (Å²) < 4.78 is 50.4. The van der Waals surface area contributed by atoms with Gasteiger partial charge in [-0.05, 0) is 42.0 Å². The van der Waals surface area contributed by atoms with Gasteiger partial charge in [-0.25, -0.2) is 4.79 Å². The Bertz CT molecular complexity index is 1490. The van der Waals surface area contributed by atoms with Gasteiger partial charge in [0.05, 0.1) is 69.9 Å². The molecule has 4 rings (SSSR count). The Morgan fingerprint density at radius 2 is 1.12 bits per heavy atom. The van der Waals surface area contributed by atoms with Gasteiger partial charge in [0.15, 0.2) is 11.5 Å². The fourth-order valence-electron chi connectivity index (χ4n) is 4.55. The van der Waals surface area contributed by atoms with Crippen molar-refractivity contribution in [3.8, 4) is 11.5 Å². The molecule has 0 saturated carbocycles. The third kappa shape index (κ3) is 16.1. The zero-order valence-corrected chi connectivity index (χ0v) is 30.5. The van der Waals surface area contributed by atoms with Crippen LogP contribution in [0.4, 0.5) is 0 Å². The smallest absolute Gasteiger partial charge is 0.338 e. The fraction of sp³-hybridized carbons (Fsp3) is 0.486. The molecule has 1 atom stereocenters. The Hall–Kier alpha value is -3.53. The Morgan fingerprint density at radius 3 is 1.65 bits per heavy atom. The molecule has 278 valence electrons. The molecule has 0 amide bonds. The highest BCUT2D eigenvalue weighted by Gasteiger charge is 2.18. The number of benzene rings is 3. The van der Waals surface area contributed by atoms with E-state index in [2.05, 4.69) is 0 Å². The SMILES string of the molecule is Cc1ccc(C(=O)OCC2CSCC(=O)OCCOCCOCCOc3cc4ccccc4cc3OCCOCCOCCOC(=O)CS2)cc1. The molecule has 12 nitrogen and oxygen atoms in total. The van der Waals surface area contributed by atoms with Gasteiger partial charge in [-0.2, -0.15) is 0 Å². The molecule has 51 heavy (non-hydrogen) atoms. The average Bonchev–Trinajstić information content (AvgIpc) is 3.13. The number of thioether (sulfide) groups is 2. The summed E-state index contributed by atoms with van der Waals surface area (Å²) in [6.07, 6.45) is 0. The summed E-state index contributed by atoms with van der Waals surface area (Å²) in [6.45, 7) is 5.38. The predicted molar refractivity (Wildman–Crippen MR) is 195 cm³/mol. The van der Waals surface area contributed by atoms with Crippen molar-refractivity contribution in [3.63, 3.8) is 0 Å². The Labute approximate surface area is 307 Å². The van der Waals surface area contributed by atoms with E-state index in [4.69, 9.17) is 42.6 Å². The summed E-state index contributed by atoms with van der Waals surface area (Å²) in [5.74, 6) is 0.551. The number of ether oxygens (including phenoxy) is 9. The summed E-state index contributed by atoms with van der Waals surface area (Å²) in [6, 6.07) is 18.9. The van der Waals surface area contributed by atoms with Crippen molar-refractivity contribution in [1.82, 2.24) is 0 Å². The van der Waals surface area contributed by atoms with E-state index in [0.29, 0.717) is 75.7 Å². The molecule has 1 unspecified atom stereocenters. The van der Waals surface area contributed by atoms with E-state index in [1.165, 1.54) is 23.5 Å². The molecule has 0 aromatic heterocycles. The van der Waals surface area contributed by atoms with Gasteiger partial charge in [0.1, 0.15) is 33.0 Å². The van der Waals surface area contributed by atoms with Crippen molar-refractivity contribution in [3.05, 3.63) is 71.8 Å². The van der Waals surface area contributed by atoms with Crippen molar-refractivity contribution in [1.29, 1.82) is 0 Å². The molecule has 0 aliphatic carbocycles. The Balaban J connectivity index is 1.24. The zero-order chi connectivity index (χ0) is 35.9. The lowest BCUT2D eigenvalue weighted by molar-refractivity contribution is -0.143. The minimum atomic E-state index is -0.456. The summed E-state index contributed by atoms with van der Waals surface area (Å²) >= 11 is 2.63. The third-order valence-corrected chi connectivity index (χ3v) is 9.62. The number of carbonyl (C=O) groups is 3. The van der Waals surface area contributed by atoms with E-state index in [9.17, 15) is 14.4 Å².